The molecule has 72 valence electrons. The zero-order chi connectivity index (χ0) is 9.84. The van der Waals surface area contributed by atoms with E-state index in [9.17, 15) is 4.79 Å². The third kappa shape index (κ3) is 2.46. The molecule has 1 rings (SSSR count). The Morgan fingerprint density at radius 3 is 3.08 bits per heavy atom. The number of aliphatic hydroxyl groups is 1. The van der Waals surface area contributed by atoms with E-state index in [-0.39, 0.29) is 17.2 Å². The Morgan fingerprint density at radius 1 is 1.77 bits per heavy atom. The Morgan fingerprint density at radius 2 is 2.46 bits per heavy atom. The lowest BCUT2D eigenvalue weighted by Gasteiger charge is -2.02. The van der Waals surface area contributed by atoms with Gasteiger partial charge < -0.3 is 5.11 Å². The van der Waals surface area contributed by atoms with Crippen LogP contribution in [0.25, 0.3) is 0 Å². The molecule has 1 heterocycles. The molecule has 0 aromatic carbocycles. The minimum absolute atomic E-state index is 0.0518. The van der Waals surface area contributed by atoms with E-state index in [1.807, 2.05) is 0 Å². The van der Waals surface area contributed by atoms with E-state index in [0.29, 0.717) is 10.6 Å². The zero-order valence-corrected chi connectivity index (χ0v) is 8.60. The lowest BCUT2D eigenvalue weighted by Crippen LogP contribution is -2.19. The first-order valence-corrected chi connectivity index (χ1v) is 4.98. The monoisotopic (exact) mass is 220 g/mol. The summed E-state index contributed by atoms with van der Waals surface area (Å²) in [6, 6.07) is 0. The summed E-state index contributed by atoms with van der Waals surface area (Å²) in [5, 5.41) is 12.5. The molecule has 0 aliphatic rings. The average molecular weight is 221 g/mol. The van der Waals surface area contributed by atoms with Crippen LogP contribution in [0.15, 0.2) is 15.9 Å². The fourth-order valence-corrected chi connectivity index (χ4v) is 1.73. The van der Waals surface area contributed by atoms with Crippen molar-refractivity contribution in [2.75, 3.05) is 12.4 Å². The quantitative estimate of drug-likeness (QED) is 0.755. The van der Waals surface area contributed by atoms with E-state index in [1.165, 1.54) is 29.7 Å². The van der Waals surface area contributed by atoms with E-state index < -0.39 is 0 Å². The third-order valence-corrected chi connectivity index (χ3v) is 2.88. The Labute approximate surface area is 84.5 Å². The van der Waals surface area contributed by atoms with Gasteiger partial charge in [-0.05, 0) is 0 Å². The number of thioether (sulfide) groups is 1. The third-order valence-electron chi connectivity index (χ3n) is 1.40. The molecule has 0 aliphatic heterocycles. The van der Waals surface area contributed by atoms with Gasteiger partial charge in [0.25, 0.3) is 5.56 Å². The molecule has 0 saturated heterocycles. The number of nitrogens with zero attached hydrogens (tertiary/aromatic N) is 2. The Bertz CT molecular complexity index is 353. The number of halogens is 1. The molecule has 6 heteroatoms. The number of aromatic nitrogens is 2. The summed E-state index contributed by atoms with van der Waals surface area (Å²) >= 11 is 7.07. The highest BCUT2D eigenvalue weighted by Crippen LogP contribution is 2.22. The second kappa shape index (κ2) is 4.64. The van der Waals surface area contributed by atoms with Crippen LogP contribution in [0.2, 0.25) is 5.02 Å². The summed E-state index contributed by atoms with van der Waals surface area (Å²) < 4.78 is 1.17. The maximum Gasteiger partial charge on any atom is 0.286 e. The smallest absolute Gasteiger partial charge is 0.286 e. The van der Waals surface area contributed by atoms with Crippen LogP contribution in [0.4, 0.5) is 0 Å². The maximum atomic E-state index is 11.2. The lowest BCUT2D eigenvalue weighted by molar-refractivity contribution is 0.322. The van der Waals surface area contributed by atoms with Gasteiger partial charge in [0.05, 0.1) is 17.7 Å². The van der Waals surface area contributed by atoms with Gasteiger partial charge in [-0.15, -0.1) is 11.8 Å². The highest BCUT2D eigenvalue weighted by Gasteiger charge is 2.06. The van der Waals surface area contributed by atoms with E-state index in [2.05, 4.69) is 5.10 Å². The molecular weight excluding hydrogens is 212 g/mol. The van der Waals surface area contributed by atoms with Crippen molar-refractivity contribution in [2.45, 2.75) is 4.90 Å². The van der Waals surface area contributed by atoms with Gasteiger partial charge in [0.15, 0.2) is 0 Å². The van der Waals surface area contributed by atoms with Gasteiger partial charge in [-0.3, -0.25) is 4.79 Å². The minimum Gasteiger partial charge on any atom is -0.396 e. The van der Waals surface area contributed by atoms with Crippen molar-refractivity contribution in [3.05, 3.63) is 21.6 Å². The molecule has 0 fully saturated rings. The van der Waals surface area contributed by atoms with Crippen LogP contribution >= 0.6 is 23.4 Å². The van der Waals surface area contributed by atoms with Gasteiger partial charge in [-0.1, -0.05) is 11.6 Å². The summed E-state index contributed by atoms with van der Waals surface area (Å²) in [4.78, 5) is 11.9. The molecule has 0 bridgehead atoms. The summed E-state index contributed by atoms with van der Waals surface area (Å²) in [7, 11) is 1.54. The molecule has 13 heavy (non-hydrogen) atoms. The van der Waals surface area contributed by atoms with Gasteiger partial charge in [-0.2, -0.15) is 5.10 Å². The standard InChI is InChI=1S/C7H9ClN2O2S/c1-10-7(12)6(8)5(4-9-10)13-3-2-11/h4,11H,2-3H2,1H3. The predicted molar refractivity (Wildman–Crippen MR) is 52.3 cm³/mol. The van der Waals surface area contributed by atoms with Crippen molar-refractivity contribution < 1.29 is 5.11 Å². The normalized spacial score (nSPS) is 10.4. The first-order chi connectivity index (χ1) is 6.16. The van der Waals surface area contributed by atoms with E-state index >= 15 is 0 Å². The Balaban J connectivity index is 2.97. The summed E-state index contributed by atoms with van der Waals surface area (Å²) in [5.41, 5.74) is -0.315. The van der Waals surface area contributed by atoms with Crippen molar-refractivity contribution in [1.82, 2.24) is 9.78 Å². The van der Waals surface area contributed by atoms with E-state index in [0.717, 1.165) is 0 Å². The summed E-state index contributed by atoms with van der Waals surface area (Å²) in [6.07, 6.45) is 1.52. The van der Waals surface area contributed by atoms with Crippen molar-refractivity contribution in [3.8, 4) is 0 Å². The van der Waals surface area contributed by atoms with Crippen LogP contribution < -0.4 is 5.56 Å². The van der Waals surface area contributed by atoms with Crippen LogP contribution in [-0.4, -0.2) is 27.2 Å². The molecule has 0 saturated carbocycles. The molecule has 0 aliphatic carbocycles. The molecule has 1 aromatic heterocycles. The highest BCUT2D eigenvalue weighted by atomic mass is 35.5. The van der Waals surface area contributed by atoms with Crippen LogP contribution in [0.3, 0.4) is 0 Å². The lowest BCUT2D eigenvalue weighted by atomic mass is 10.6. The van der Waals surface area contributed by atoms with Gasteiger partial charge in [0.2, 0.25) is 0 Å². The molecule has 0 atom stereocenters. The highest BCUT2D eigenvalue weighted by molar-refractivity contribution is 7.99. The van der Waals surface area contributed by atoms with E-state index in [4.69, 9.17) is 16.7 Å². The van der Waals surface area contributed by atoms with Crippen LogP contribution in [-0.2, 0) is 7.05 Å². The van der Waals surface area contributed by atoms with Crippen molar-refractivity contribution in [2.24, 2.45) is 7.05 Å². The average Bonchev–Trinajstić information content (AvgIpc) is 2.13. The number of rotatable bonds is 3. The second-order valence-electron chi connectivity index (χ2n) is 2.32. The van der Waals surface area contributed by atoms with Crippen LogP contribution in [0.1, 0.15) is 0 Å². The van der Waals surface area contributed by atoms with Gasteiger partial charge >= 0.3 is 0 Å². The molecule has 4 nitrogen and oxygen atoms in total. The van der Waals surface area contributed by atoms with Crippen molar-refractivity contribution in [1.29, 1.82) is 0 Å². The number of hydrogen-bond acceptors (Lipinski definition) is 4. The second-order valence-corrected chi connectivity index (χ2v) is 3.84. The largest absolute Gasteiger partial charge is 0.396 e. The topological polar surface area (TPSA) is 55.1 Å². The fourth-order valence-electron chi connectivity index (χ4n) is 0.752. The molecule has 1 N–H and O–H groups in total. The Hall–Kier alpha value is -0.520. The van der Waals surface area contributed by atoms with Gasteiger partial charge in [-0.25, -0.2) is 4.68 Å². The van der Waals surface area contributed by atoms with Gasteiger partial charge in [0, 0.05) is 12.8 Å². The summed E-state index contributed by atoms with van der Waals surface area (Å²) in [5.74, 6) is 0.508. The summed E-state index contributed by atoms with van der Waals surface area (Å²) in [6.45, 7) is 0.0518. The van der Waals surface area contributed by atoms with Gasteiger partial charge in [0.1, 0.15) is 5.02 Å². The predicted octanol–water partition coefficient (Wildman–Crippen LogP) is 0.518. The first kappa shape index (κ1) is 10.6. The SMILES string of the molecule is Cn1ncc(SCCO)c(Cl)c1=O. The van der Waals surface area contributed by atoms with Crippen molar-refractivity contribution >= 4 is 23.4 Å². The Kier molecular flexibility index (Phi) is 3.77. The van der Waals surface area contributed by atoms with E-state index in [1.54, 1.807) is 0 Å². The number of aliphatic hydroxyl groups excluding tert-OH is 1. The number of hydrogen-bond donors (Lipinski definition) is 1. The zero-order valence-electron chi connectivity index (χ0n) is 7.03. The van der Waals surface area contributed by atoms with Crippen LogP contribution in [0, 0.1) is 0 Å². The molecular formula is C7H9ClN2O2S. The molecule has 1 aromatic rings. The maximum absolute atomic E-state index is 11.2. The fraction of sp³-hybridized carbons (Fsp3) is 0.429. The molecule has 0 amide bonds. The van der Waals surface area contributed by atoms with Crippen molar-refractivity contribution in [3.63, 3.8) is 0 Å². The minimum atomic E-state index is -0.315. The first-order valence-electron chi connectivity index (χ1n) is 3.62. The molecule has 0 spiro atoms. The molecule has 0 radical (unpaired) electrons. The number of aryl methyl sites for hydroxylation is 1. The van der Waals surface area contributed by atoms with Crippen LogP contribution in [0.5, 0.6) is 0 Å². The molecule has 0 unspecified atom stereocenters.